The van der Waals surface area contributed by atoms with Crippen molar-refractivity contribution in [1.82, 2.24) is 9.88 Å². The molecule has 7 nitrogen and oxygen atoms in total. The number of para-hydroxylation sites is 2. The normalized spacial score (nSPS) is 18.3. The average molecular weight is 375 g/mol. The van der Waals surface area contributed by atoms with Crippen LogP contribution < -0.4 is 10.1 Å². The number of ether oxygens (including phenoxy) is 1. The Bertz CT molecular complexity index is 897. The first-order valence-corrected chi connectivity index (χ1v) is 10.1. The molecule has 1 aliphatic rings. The molecule has 8 heteroatoms. The molecular formula is C18H21N3O4S. The quantitative estimate of drug-likeness (QED) is 0.861. The summed E-state index contributed by atoms with van der Waals surface area (Å²) in [5, 5.41) is 3.19. The molecular weight excluding hydrogens is 354 g/mol. The molecule has 1 amide bonds. The highest BCUT2D eigenvalue weighted by Crippen LogP contribution is 2.26. The van der Waals surface area contributed by atoms with E-state index in [1.54, 1.807) is 32.5 Å². The van der Waals surface area contributed by atoms with Crippen molar-refractivity contribution in [3.8, 4) is 5.75 Å². The summed E-state index contributed by atoms with van der Waals surface area (Å²) in [6, 6.07) is 10.6. The largest absolute Gasteiger partial charge is 0.495 e. The van der Waals surface area contributed by atoms with Crippen molar-refractivity contribution in [2.75, 3.05) is 31.0 Å². The van der Waals surface area contributed by atoms with Crippen LogP contribution in [0.15, 0.2) is 42.6 Å². The summed E-state index contributed by atoms with van der Waals surface area (Å²) in [6.45, 7) is 0. The smallest absolute Gasteiger partial charge is 0.272 e. The molecule has 2 heterocycles. The van der Waals surface area contributed by atoms with Gasteiger partial charge in [0.25, 0.3) is 5.91 Å². The molecule has 0 bridgehead atoms. The summed E-state index contributed by atoms with van der Waals surface area (Å²) < 4.78 is 28.5. The molecule has 1 saturated heterocycles. The zero-order valence-electron chi connectivity index (χ0n) is 14.7. The maximum absolute atomic E-state index is 12.5. The summed E-state index contributed by atoms with van der Waals surface area (Å²) in [5.41, 5.74) is 1.80. The number of rotatable bonds is 5. The minimum absolute atomic E-state index is 0.0165. The molecule has 1 fully saturated rings. The maximum atomic E-state index is 12.5. The van der Waals surface area contributed by atoms with Gasteiger partial charge >= 0.3 is 0 Å². The maximum Gasteiger partial charge on any atom is 0.272 e. The average Bonchev–Trinajstić information content (AvgIpc) is 3.01. The van der Waals surface area contributed by atoms with Crippen LogP contribution in [0.5, 0.6) is 5.75 Å². The first kappa shape index (κ1) is 18.2. The summed E-state index contributed by atoms with van der Waals surface area (Å²) in [4.78, 5) is 18.2. The van der Waals surface area contributed by atoms with Crippen LogP contribution in [0.1, 0.15) is 16.9 Å². The van der Waals surface area contributed by atoms with Gasteiger partial charge in [0.15, 0.2) is 9.84 Å². The number of pyridine rings is 1. The van der Waals surface area contributed by atoms with E-state index in [0.717, 1.165) is 11.4 Å². The molecule has 0 radical (unpaired) electrons. The van der Waals surface area contributed by atoms with Gasteiger partial charge in [0.1, 0.15) is 11.4 Å². The molecule has 1 N–H and O–H groups in total. The first-order chi connectivity index (χ1) is 12.4. The Kier molecular flexibility index (Phi) is 5.13. The lowest BCUT2D eigenvalue weighted by Crippen LogP contribution is -2.38. The lowest BCUT2D eigenvalue weighted by molar-refractivity contribution is 0.0742. The monoisotopic (exact) mass is 375 g/mol. The molecule has 26 heavy (non-hydrogen) atoms. The fraction of sp³-hybridized carbons (Fsp3) is 0.333. The van der Waals surface area contributed by atoms with Crippen LogP contribution in [0, 0.1) is 0 Å². The van der Waals surface area contributed by atoms with Crippen molar-refractivity contribution < 1.29 is 17.9 Å². The number of hydrogen-bond acceptors (Lipinski definition) is 6. The Hall–Kier alpha value is -2.61. The molecule has 1 aromatic carbocycles. The number of sulfone groups is 1. The molecule has 0 saturated carbocycles. The summed E-state index contributed by atoms with van der Waals surface area (Å²) >= 11 is 0. The number of carbonyl (C=O) groups is 1. The number of anilines is 2. The third-order valence-corrected chi connectivity index (χ3v) is 6.20. The molecule has 0 spiro atoms. The zero-order chi connectivity index (χ0) is 18.7. The Labute approximate surface area is 152 Å². The Morgan fingerprint density at radius 2 is 2.04 bits per heavy atom. The van der Waals surface area contributed by atoms with Crippen molar-refractivity contribution >= 4 is 27.1 Å². The van der Waals surface area contributed by atoms with Crippen LogP contribution in [-0.2, 0) is 9.84 Å². The zero-order valence-corrected chi connectivity index (χ0v) is 15.5. The van der Waals surface area contributed by atoms with E-state index >= 15 is 0 Å². The van der Waals surface area contributed by atoms with Crippen molar-refractivity contribution in [2.45, 2.75) is 12.5 Å². The number of methoxy groups -OCH3 is 1. The second-order valence-electron chi connectivity index (χ2n) is 6.23. The van der Waals surface area contributed by atoms with Crippen LogP contribution in [0.3, 0.4) is 0 Å². The topological polar surface area (TPSA) is 88.6 Å². The van der Waals surface area contributed by atoms with Gasteiger partial charge < -0.3 is 15.0 Å². The van der Waals surface area contributed by atoms with E-state index in [4.69, 9.17) is 4.74 Å². The summed E-state index contributed by atoms with van der Waals surface area (Å²) in [7, 11) is 0.178. The van der Waals surface area contributed by atoms with Crippen LogP contribution >= 0.6 is 0 Å². The van der Waals surface area contributed by atoms with Crippen LogP contribution in [0.25, 0.3) is 0 Å². The number of hydrogen-bond donors (Lipinski definition) is 1. The second-order valence-corrected chi connectivity index (χ2v) is 8.46. The molecule has 3 rings (SSSR count). The minimum Gasteiger partial charge on any atom is -0.495 e. The Morgan fingerprint density at radius 1 is 1.27 bits per heavy atom. The van der Waals surface area contributed by atoms with Gasteiger partial charge in [-0.05, 0) is 30.7 Å². The van der Waals surface area contributed by atoms with Crippen molar-refractivity contribution in [1.29, 1.82) is 0 Å². The molecule has 0 aliphatic carbocycles. The second kappa shape index (κ2) is 7.33. The number of aromatic nitrogens is 1. The predicted molar refractivity (Wildman–Crippen MR) is 99.7 cm³/mol. The number of benzene rings is 1. The molecule has 138 valence electrons. The predicted octanol–water partition coefficient (Wildman–Crippen LogP) is 2.09. The highest BCUT2D eigenvalue weighted by atomic mass is 32.2. The lowest BCUT2D eigenvalue weighted by atomic mass is 10.2. The van der Waals surface area contributed by atoms with E-state index in [1.807, 2.05) is 24.3 Å². The Balaban J connectivity index is 1.70. The van der Waals surface area contributed by atoms with E-state index in [1.165, 1.54) is 4.90 Å². The highest BCUT2D eigenvalue weighted by Gasteiger charge is 2.33. The molecule has 1 aromatic heterocycles. The van der Waals surface area contributed by atoms with Gasteiger partial charge in [0, 0.05) is 13.1 Å². The summed E-state index contributed by atoms with van der Waals surface area (Å²) in [5.74, 6) is 0.568. The summed E-state index contributed by atoms with van der Waals surface area (Å²) in [6.07, 6.45) is 2.04. The number of amides is 1. The molecule has 1 unspecified atom stereocenters. The molecule has 1 atom stereocenters. The van der Waals surface area contributed by atoms with Crippen LogP contribution in [-0.4, -0.2) is 55.9 Å². The van der Waals surface area contributed by atoms with E-state index < -0.39 is 9.84 Å². The van der Waals surface area contributed by atoms with E-state index in [0.29, 0.717) is 12.2 Å². The minimum atomic E-state index is -3.04. The SMILES string of the molecule is COc1ccccc1Nc1ccc(C(=O)N(C)C2CCS(=O)(=O)C2)nc1. The van der Waals surface area contributed by atoms with Gasteiger partial charge in [-0.25, -0.2) is 13.4 Å². The van der Waals surface area contributed by atoms with E-state index in [9.17, 15) is 13.2 Å². The van der Waals surface area contributed by atoms with Crippen molar-refractivity contribution in [3.63, 3.8) is 0 Å². The van der Waals surface area contributed by atoms with Crippen molar-refractivity contribution in [2.24, 2.45) is 0 Å². The standard InChI is InChI=1S/C18H21N3O4S/c1-21(14-9-10-26(23,24)12-14)18(22)16-8-7-13(11-19-16)20-15-5-3-4-6-17(15)25-2/h3-8,11,14,20H,9-10,12H2,1-2H3. The van der Waals surface area contributed by atoms with E-state index in [2.05, 4.69) is 10.3 Å². The lowest BCUT2D eigenvalue weighted by Gasteiger charge is -2.23. The van der Waals surface area contributed by atoms with Gasteiger partial charge in [-0.3, -0.25) is 4.79 Å². The third kappa shape index (κ3) is 3.96. The molecule has 1 aliphatic heterocycles. The van der Waals surface area contributed by atoms with Gasteiger partial charge in [-0.2, -0.15) is 0 Å². The Morgan fingerprint density at radius 3 is 2.65 bits per heavy atom. The third-order valence-electron chi connectivity index (χ3n) is 4.45. The number of nitrogens with one attached hydrogen (secondary N) is 1. The van der Waals surface area contributed by atoms with Gasteiger partial charge in [-0.15, -0.1) is 0 Å². The first-order valence-electron chi connectivity index (χ1n) is 8.23. The van der Waals surface area contributed by atoms with Crippen molar-refractivity contribution in [3.05, 3.63) is 48.3 Å². The van der Waals surface area contributed by atoms with Gasteiger partial charge in [-0.1, -0.05) is 12.1 Å². The fourth-order valence-corrected chi connectivity index (χ4v) is 4.70. The van der Waals surface area contributed by atoms with Gasteiger partial charge in [0.2, 0.25) is 0 Å². The van der Waals surface area contributed by atoms with Crippen LogP contribution in [0.4, 0.5) is 11.4 Å². The number of carbonyl (C=O) groups excluding carboxylic acids is 1. The van der Waals surface area contributed by atoms with Gasteiger partial charge in [0.05, 0.1) is 36.2 Å². The van der Waals surface area contributed by atoms with Crippen LogP contribution in [0.2, 0.25) is 0 Å². The fourth-order valence-electron chi connectivity index (χ4n) is 2.93. The highest BCUT2D eigenvalue weighted by molar-refractivity contribution is 7.91. The van der Waals surface area contributed by atoms with E-state index in [-0.39, 0.29) is 29.1 Å². The number of nitrogens with zero attached hydrogens (tertiary/aromatic N) is 2. The molecule has 2 aromatic rings.